The smallest absolute Gasteiger partial charge is 0.142 e. The molecule has 112 valence electrons. The predicted molar refractivity (Wildman–Crippen MR) is 81.6 cm³/mol. The Morgan fingerprint density at radius 2 is 2.19 bits per heavy atom. The van der Waals surface area contributed by atoms with Gasteiger partial charge in [-0.1, -0.05) is 6.07 Å². The molecule has 0 radical (unpaired) electrons. The molecule has 0 aromatic carbocycles. The summed E-state index contributed by atoms with van der Waals surface area (Å²) in [6.45, 7) is 2.35. The molecule has 0 amide bonds. The summed E-state index contributed by atoms with van der Waals surface area (Å²) < 4.78 is 7.23. The number of nitrogens with one attached hydrogen (secondary N) is 1. The molecule has 1 N–H and O–H groups in total. The van der Waals surface area contributed by atoms with Crippen LogP contribution in [0, 0.1) is 0 Å². The summed E-state index contributed by atoms with van der Waals surface area (Å²) in [6.07, 6.45) is 8.46. The Kier molecular flexibility index (Phi) is 4.62. The summed E-state index contributed by atoms with van der Waals surface area (Å²) in [7, 11) is 1.72. The van der Waals surface area contributed by atoms with E-state index in [0.29, 0.717) is 0 Å². The van der Waals surface area contributed by atoms with Crippen LogP contribution >= 0.6 is 0 Å². The standard InChI is InChI=1S/C16H22N4O/c1-21-10-9-17-11-13-5-4-8-18-16(13)20-12-19-14-6-2-3-7-15(14)20/h4-5,8,12,17H,2-3,6-7,9-11H2,1H3. The monoisotopic (exact) mass is 286 g/mol. The minimum Gasteiger partial charge on any atom is -0.383 e. The van der Waals surface area contributed by atoms with Gasteiger partial charge in [-0.25, -0.2) is 9.97 Å². The Morgan fingerprint density at radius 1 is 1.29 bits per heavy atom. The van der Waals surface area contributed by atoms with Crippen LogP contribution in [0.5, 0.6) is 0 Å². The van der Waals surface area contributed by atoms with E-state index in [-0.39, 0.29) is 0 Å². The van der Waals surface area contributed by atoms with Crippen molar-refractivity contribution in [1.29, 1.82) is 0 Å². The lowest BCUT2D eigenvalue weighted by Gasteiger charge is -2.16. The van der Waals surface area contributed by atoms with Gasteiger partial charge in [0.2, 0.25) is 0 Å². The average Bonchev–Trinajstić information content (AvgIpc) is 2.96. The van der Waals surface area contributed by atoms with Gasteiger partial charge in [0.15, 0.2) is 0 Å². The van der Waals surface area contributed by atoms with Crippen LogP contribution in [0.3, 0.4) is 0 Å². The third-order valence-electron chi connectivity index (χ3n) is 3.92. The number of fused-ring (bicyclic) bond motifs is 1. The lowest BCUT2D eigenvalue weighted by atomic mass is 10.0. The molecule has 5 heteroatoms. The van der Waals surface area contributed by atoms with Gasteiger partial charge in [-0.2, -0.15) is 0 Å². The molecular weight excluding hydrogens is 264 g/mol. The molecule has 5 nitrogen and oxygen atoms in total. The number of aryl methyl sites for hydroxylation is 1. The number of ether oxygens (including phenoxy) is 1. The number of hydrogen-bond acceptors (Lipinski definition) is 4. The minimum absolute atomic E-state index is 0.718. The molecule has 0 unspecified atom stereocenters. The highest BCUT2D eigenvalue weighted by Gasteiger charge is 2.18. The Morgan fingerprint density at radius 3 is 3.10 bits per heavy atom. The van der Waals surface area contributed by atoms with Crippen molar-refractivity contribution in [2.24, 2.45) is 0 Å². The topological polar surface area (TPSA) is 52.0 Å². The second-order valence-corrected chi connectivity index (χ2v) is 5.37. The molecule has 0 bridgehead atoms. The lowest BCUT2D eigenvalue weighted by molar-refractivity contribution is 0.199. The SMILES string of the molecule is COCCNCc1cccnc1-n1cnc2c1CCCC2. The molecule has 0 spiro atoms. The second kappa shape index (κ2) is 6.83. The van der Waals surface area contributed by atoms with Crippen LogP contribution in [-0.2, 0) is 24.1 Å². The molecule has 2 heterocycles. The summed E-state index contributed by atoms with van der Waals surface area (Å²) in [6, 6.07) is 4.11. The molecule has 0 saturated heterocycles. The maximum Gasteiger partial charge on any atom is 0.142 e. The van der Waals surface area contributed by atoms with Crippen molar-refractivity contribution in [3.63, 3.8) is 0 Å². The van der Waals surface area contributed by atoms with E-state index < -0.39 is 0 Å². The van der Waals surface area contributed by atoms with E-state index in [1.54, 1.807) is 7.11 Å². The van der Waals surface area contributed by atoms with E-state index in [2.05, 4.69) is 25.9 Å². The molecule has 21 heavy (non-hydrogen) atoms. The van der Waals surface area contributed by atoms with E-state index in [1.807, 2.05) is 18.6 Å². The fraction of sp³-hybridized carbons (Fsp3) is 0.500. The van der Waals surface area contributed by atoms with Crippen molar-refractivity contribution >= 4 is 0 Å². The van der Waals surface area contributed by atoms with Gasteiger partial charge in [-0.05, 0) is 31.7 Å². The number of imidazole rings is 1. The van der Waals surface area contributed by atoms with Gasteiger partial charge in [-0.15, -0.1) is 0 Å². The third kappa shape index (κ3) is 3.14. The highest BCUT2D eigenvalue weighted by Crippen LogP contribution is 2.23. The average molecular weight is 286 g/mol. The summed E-state index contributed by atoms with van der Waals surface area (Å²) in [4.78, 5) is 9.15. The Labute approximate surface area is 125 Å². The van der Waals surface area contributed by atoms with Gasteiger partial charge in [-0.3, -0.25) is 4.57 Å². The number of rotatable bonds is 6. The van der Waals surface area contributed by atoms with E-state index in [0.717, 1.165) is 38.4 Å². The molecule has 2 aromatic heterocycles. The summed E-state index contributed by atoms with van der Waals surface area (Å²) >= 11 is 0. The first kappa shape index (κ1) is 14.2. The van der Waals surface area contributed by atoms with Crippen LogP contribution in [0.2, 0.25) is 0 Å². The van der Waals surface area contributed by atoms with Crippen molar-refractivity contribution in [3.05, 3.63) is 41.6 Å². The second-order valence-electron chi connectivity index (χ2n) is 5.37. The summed E-state index contributed by atoms with van der Waals surface area (Å²) in [5.41, 5.74) is 3.77. The van der Waals surface area contributed by atoms with Crippen molar-refractivity contribution in [3.8, 4) is 5.82 Å². The van der Waals surface area contributed by atoms with Crippen LogP contribution < -0.4 is 5.32 Å². The first-order valence-corrected chi connectivity index (χ1v) is 7.59. The molecule has 3 rings (SSSR count). The molecule has 2 aromatic rings. The lowest BCUT2D eigenvalue weighted by Crippen LogP contribution is -2.20. The number of nitrogens with zero attached hydrogens (tertiary/aromatic N) is 3. The first-order chi connectivity index (χ1) is 10.4. The molecule has 1 aliphatic carbocycles. The fourth-order valence-corrected chi connectivity index (χ4v) is 2.83. The van der Waals surface area contributed by atoms with Crippen LogP contribution in [0.25, 0.3) is 5.82 Å². The summed E-state index contributed by atoms with van der Waals surface area (Å²) in [5, 5.41) is 3.39. The van der Waals surface area contributed by atoms with E-state index in [1.165, 1.54) is 29.8 Å². The third-order valence-corrected chi connectivity index (χ3v) is 3.92. The molecule has 0 aliphatic heterocycles. The van der Waals surface area contributed by atoms with Crippen LogP contribution in [0.4, 0.5) is 0 Å². The van der Waals surface area contributed by atoms with Crippen molar-refractivity contribution in [1.82, 2.24) is 19.9 Å². The van der Waals surface area contributed by atoms with E-state index in [4.69, 9.17) is 4.74 Å². The number of hydrogen-bond donors (Lipinski definition) is 1. The normalized spacial score (nSPS) is 14.1. The molecule has 0 atom stereocenters. The van der Waals surface area contributed by atoms with Gasteiger partial charge in [0.1, 0.15) is 12.1 Å². The van der Waals surface area contributed by atoms with Gasteiger partial charge in [0, 0.05) is 37.7 Å². The quantitative estimate of drug-likeness (QED) is 0.824. The van der Waals surface area contributed by atoms with Crippen LogP contribution in [0.1, 0.15) is 29.8 Å². The first-order valence-electron chi connectivity index (χ1n) is 7.59. The molecule has 0 fully saturated rings. The molecule has 0 saturated carbocycles. The zero-order valence-corrected chi connectivity index (χ0v) is 12.5. The van der Waals surface area contributed by atoms with Crippen molar-refractivity contribution < 1.29 is 4.74 Å². The van der Waals surface area contributed by atoms with Crippen molar-refractivity contribution in [2.45, 2.75) is 32.2 Å². The zero-order valence-electron chi connectivity index (χ0n) is 12.5. The van der Waals surface area contributed by atoms with E-state index >= 15 is 0 Å². The highest BCUT2D eigenvalue weighted by atomic mass is 16.5. The van der Waals surface area contributed by atoms with Crippen LogP contribution in [-0.4, -0.2) is 34.8 Å². The number of pyridine rings is 1. The maximum atomic E-state index is 5.06. The number of methoxy groups -OCH3 is 1. The Hall–Kier alpha value is -1.72. The minimum atomic E-state index is 0.718. The van der Waals surface area contributed by atoms with Gasteiger partial charge in [0.05, 0.1) is 12.3 Å². The summed E-state index contributed by atoms with van der Waals surface area (Å²) in [5.74, 6) is 0.998. The number of aromatic nitrogens is 3. The van der Waals surface area contributed by atoms with Gasteiger partial charge in [0.25, 0.3) is 0 Å². The molecule has 1 aliphatic rings. The predicted octanol–water partition coefficient (Wildman–Crippen LogP) is 1.88. The Balaban J connectivity index is 1.83. The van der Waals surface area contributed by atoms with Gasteiger partial charge < -0.3 is 10.1 Å². The van der Waals surface area contributed by atoms with Gasteiger partial charge >= 0.3 is 0 Å². The molecular formula is C16H22N4O. The van der Waals surface area contributed by atoms with E-state index in [9.17, 15) is 0 Å². The highest BCUT2D eigenvalue weighted by molar-refractivity contribution is 5.37. The maximum absolute atomic E-state index is 5.06. The van der Waals surface area contributed by atoms with Crippen molar-refractivity contribution in [2.75, 3.05) is 20.3 Å². The Bertz CT molecular complexity index is 594. The van der Waals surface area contributed by atoms with Crippen LogP contribution in [0.15, 0.2) is 24.7 Å². The zero-order chi connectivity index (χ0) is 14.5. The largest absolute Gasteiger partial charge is 0.383 e. The fourth-order valence-electron chi connectivity index (χ4n) is 2.83.